The van der Waals surface area contributed by atoms with Gasteiger partial charge in [0.05, 0.1) is 22.1 Å². The Labute approximate surface area is 172 Å². The van der Waals surface area contributed by atoms with Crippen LogP contribution in [0.4, 0.5) is 13.2 Å². The Morgan fingerprint density at radius 3 is 2.20 bits per heavy atom. The molecule has 0 aliphatic heterocycles. The lowest BCUT2D eigenvalue weighted by Crippen LogP contribution is -2.30. The van der Waals surface area contributed by atoms with Gasteiger partial charge in [-0.05, 0) is 35.4 Å². The molecule has 154 valence electrons. The molecule has 0 heterocycles. The van der Waals surface area contributed by atoms with E-state index in [-0.39, 0.29) is 13.1 Å². The summed E-state index contributed by atoms with van der Waals surface area (Å²) in [5.74, 6) is 0. The van der Waals surface area contributed by atoms with E-state index in [0.717, 1.165) is 22.5 Å². The number of alkyl halides is 3. The fourth-order valence-electron chi connectivity index (χ4n) is 2.95. The molecular formula is C22H17F3N2O2S. The van der Waals surface area contributed by atoms with Crippen molar-refractivity contribution in [2.24, 2.45) is 0 Å². The van der Waals surface area contributed by atoms with Crippen LogP contribution in [0.5, 0.6) is 0 Å². The van der Waals surface area contributed by atoms with Crippen LogP contribution in [0.3, 0.4) is 0 Å². The van der Waals surface area contributed by atoms with Gasteiger partial charge in [-0.15, -0.1) is 0 Å². The van der Waals surface area contributed by atoms with Crippen LogP contribution in [-0.2, 0) is 29.3 Å². The minimum absolute atomic E-state index is 0.0564. The van der Waals surface area contributed by atoms with Gasteiger partial charge in [0.1, 0.15) is 0 Å². The maximum absolute atomic E-state index is 13.3. The third kappa shape index (κ3) is 4.87. The van der Waals surface area contributed by atoms with Crippen LogP contribution < -0.4 is 0 Å². The molecule has 0 saturated heterocycles. The second-order valence-corrected chi connectivity index (χ2v) is 8.49. The van der Waals surface area contributed by atoms with E-state index in [2.05, 4.69) is 0 Å². The van der Waals surface area contributed by atoms with Crippen molar-refractivity contribution >= 4 is 10.0 Å². The fourth-order valence-corrected chi connectivity index (χ4v) is 4.40. The molecule has 4 nitrogen and oxygen atoms in total. The van der Waals surface area contributed by atoms with Gasteiger partial charge in [-0.1, -0.05) is 54.6 Å². The first-order valence-corrected chi connectivity index (χ1v) is 10.3. The van der Waals surface area contributed by atoms with Gasteiger partial charge in [0.2, 0.25) is 10.0 Å². The van der Waals surface area contributed by atoms with Gasteiger partial charge in [-0.25, -0.2) is 8.42 Å². The normalized spacial score (nSPS) is 12.0. The lowest BCUT2D eigenvalue weighted by Gasteiger charge is -2.23. The van der Waals surface area contributed by atoms with Gasteiger partial charge >= 0.3 is 6.18 Å². The molecule has 0 bridgehead atoms. The van der Waals surface area contributed by atoms with Crippen molar-refractivity contribution in [2.45, 2.75) is 24.2 Å². The molecule has 0 aromatic heterocycles. The topological polar surface area (TPSA) is 61.2 Å². The predicted molar refractivity (Wildman–Crippen MR) is 105 cm³/mol. The number of nitriles is 1. The Balaban J connectivity index is 2.06. The molecular weight excluding hydrogens is 413 g/mol. The van der Waals surface area contributed by atoms with Crippen molar-refractivity contribution in [1.29, 1.82) is 5.26 Å². The van der Waals surface area contributed by atoms with Crippen LogP contribution in [0.25, 0.3) is 0 Å². The maximum Gasteiger partial charge on any atom is 0.416 e. The van der Waals surface area contributed by atoms with Gasteiger partial charge in [0.15, 0.2) is 0 Å². The molecule has 0 radical (unpaired) electrons. The van der Waals surface area contributed by atoms with Crippen molar-refractivity contribution < 1.29 is 21.6 Å². The second-order valence-electron chi connectivity index (χ2n) is 6.55. The van der Waals surface area contributed by atoms with Gasteiger partial charge in [0, 0.05) is 13.1 Å². The third-order valence-electron chi connectivity index (χ3n) is 4.49. The molecule has 0 spiro atoms. The van der Waals surface area contributed by atoms with Crippen LogP contribution in [-0.4, -0.2) is 12.7 Å². The summed E-state index contributed by atoms with van der Waals surface area (Å²) in [7, 11) is -4.28. The van der Waals surface area contributed by atoms with Crippen LogP contribution in [0.1, 0.15) is 22.3 Å². The Kier molecular flexibility index (Phi) is 6.25. The van der Waals surface area contributed by atoms with Gasteiger partial charge in [-0.3, -0.25) is 0 Å². The first-order chi connectivity index (χ1) is 14.2. The van der Waals surface area contributed by atoms with Crippen LogP contribution >= 0.6 is 0 Å². The lowest BCUT2D eigenvalue weighted by atomic mass is 10.1. The van der Waals surface area contributed by atoms with E-state index >= 15 is 0 Å². The monoisotopic (exact) mass is 430 g/mol. The Bertz CT molecular complexity index is 1170. The van der Waals surface area contributed by atoms with E-state index in [9.17, 15) is 26.9 Å². The highest BCUT2D eigenvalue weighted by molar-refractivity contribution is 7.89. The first-order valence-electron chi connectivity index (χ1n) is 8.91. The summed E-state index contributed by atoms with van der Waals surface area (Å²) in [6, 6.07) is 20.9. The quantitative estimate of drug-likeness (QED) is 0.555. The molecule has 0 aliphatic rings. The largest absolute Gasteiger partial charge is 0.416 e. The second kappa shape index (κ2) is 8.69. The Morgan fingerprint density at radius 2 is 1.53 bits per heavy atom. The SMILES string of the molecule is N#Cc1ccccc1CN(Cc1ccccc1)S(=O)(=O)c1cccc(C(F)(F)F)c1. The van der Waals surface area contributed by atoms with E-state index < -0.39 is 26.7 Å². The van der Waals surface area contributed by atoms with Crippen molar-refractivity contribution in [3.63, 3.8) is 0 Å². The molecule has 0 aliphatic carbocycles. The standard InChI is InChI=1S/C22H17F3N2O2S/c23-22(24,25)20-11-6-12-21(13-20)30(28,29)27(15-17-7-2-1-3-8-17)16-19-10-5-4-9-18(19)14-26/h1-13H,15-16H2. The van der Waals surface area contributed by atoms with E-state index in [0.29, 0.717) is 22.8 Å². The molecule has 0 N–H and O–H groups in total. The number of nitrogens with zero attached hydrogens (tertiary/aromatic N) is 2. The average molecular weight is 430 g/mol. The molecule has 0 unspecified atom stereocenters. The highest BCUT2D eigenvalue weighted by atomic mass is 32.2. The predicted octanol–water partition coefficient (Wildman–Crippen LogP) is 4.97. The van der Waals surface area contributed by atoms with Gasteiger partial charge in [-0.2, -0.15) is 22.7 Å². The smallest absolute Gasteiger partial charge is 0.207 e. The third-order valence-corrected chi connectivity index (χ3v) is 6.27. The number of benzene rings is 3. The van der Waals surface area contributed by atoms with Crippen LogP contribution in [0.15, 0.2) is 83.8 Å². The highest BCUT2D eigenvalue weighted by Gasteiger charge is 2.33. The zero-order valence-electron chi connectivity index (χ0n) is 15.7. The zero-order chi connectivity index (χ0) is 21.8. The summed E-state index contributed by atoms with van der Waals surface area (Å²) in [6.07, 6.45) is -4.66. The van der Waals surface area contributed by atoms with E-state index in [1.807, 2.05) is 6.07 Å². The molecule has 0 atom stereocenters. The molecule has 3 aromatic carbocycles. The first kappa shape index (κ1) is 21.6. The Morgan fingerprint density at radius 1 is 0.867 bits per heavy atom. The lowest BCUT2D eigenvalue weighted by molar-refractivity contribution is -0.137. The summed E-state index contributed by atoms with van der Waals surface area (Å²) >= 11 is 0. The van der Waals surface area contributed by atoms with E-state index in [4.69, 9.17) is 0 Å². The number of sulfonamides is 1. The van der Waals surface area contributed by atoms with Crippen molar-refractivity contribution in [2.75, 3.05) is 0 Å². The summed E-state index contributed by atoms with van der Waals surface area (Å²) < 4.78 is 67.0. The van der Waals surface area contributed by atoms with Crippen molar-refractivity contribution in [1.82, 2.24) is 4.31 Å². The Hall–Kier alpha value is -3.15. The average Bonchev–Trinajstić information content (AvgIpc) is 2.74. The molecule has 0 saturated carbocycles. The summed E-state index contributed by atoms with van der Waals surface area (Å²) in [6.45, 7) is -0.212. The molecule has 8 heteroatoms. The van der Waals surface area contributed by atoms with Crippen LogP contribution in [0, 0.1) is 11.3 Å². The molecule has 0 amide bonds. The zero-order valence-corrected chi connectivity index (χ0v) is 16.5. The number of hydrogen-bond donors (Lipinski definition) is 0. The number of halogens is 3. The van der Waals surface area contributed by atoms with Crippen LogP contribution in [0.2, 0.25) is 0 Å². The molecule has 3 rings (SSSR count). The van der Waals surface area contributed by atoms with Gasteiger partial charge in [0.25, 0.3) is 0 Å². The van der Waals surface area contributed by atoms with E-state index in [1.165, 1.54) is 0 Å². The highest BCUT2D eigenvalue weighted by Crippen LogP contribution is 2.32. The van der Waals surface area contributed by atoms with Crippen molar-refractivity contribution in [3.05, 3.63) is 101 Å². The summed E-state index contributed by atoms with van der Waals surface area (Å²) in [5, 5.41) is 9.32. The molecule has 0 fully saturated rings. The van der Waals surface area contributed by atoms with Gasteiger partial charge < -0.3 is 0 Å². The minimum Gasteiger partial charge on any atom is -0.207 e. The maximum atomic E-state index is 13.3. The van der Waals surface area contributed by atoms with E-state index in [1.54, 1.807) is 54.6 Å². The number of rotatable bonds is 6. The molecule has 3 aromatic rings. The summed E-state index contributed by atoms with van der Waals surface area (Å²) in [4.78, 5) is -0.456. The fraction of sp³-hybridized carbons (Fsp3) is 0.136. The number of hydrogen-bond acceptors (Lipinski definition) is 3. The molecule has 30 heavy (non-hydrogen) atoms. The van der Waals surface area contributed by atoms with Crippen molar-refractivity contribution in [3.8, 4) is 6.07 Å². The summed E-state index contributed by atoms with van der Waals surface area (Å²) in [5.41, 5.74) is 0.393. The minimum atomic E-state index is -4.66.